The van der Waals surface area contributed by atoms with Gasteiger partial charge in [0.05, 0.1) is 7.11 Å². The SMILES string of the molecule is COc1ccc(CN(C)C(=O)O)cc1C(C)(C)C. The quantitative estimate of drug-likeness (QED) is 0.898. The van der Waals surface area contributed by atoms with Crippen LogP contribution >= 0.6 is 0 Å². The minimum atomic E-state index is -0.928. The minimum Gasteiger partial charge on any atom is -0.496 e. The molecule has 0 heterocycles. The van der Waals surface area contributed by atoms with Crippen LogP contribution in [0.4, 0.5) is 4.79 Å². The fraction of sp³-hybridized carbons (Fsp3) is 0.500. The number of carbonyl (C=O) groups is 1. The molecule has 0 aliphatic heterocycles. The van der Waals surface area contributed by atoms with E-state index in [1.165, 1.54) is 4.90 Å². The molecule has 0 unspecified atom stereocenters. The van der Waals surface area contributed by atoms with Crippen molar-refractivity contribution in [3.8, 4) is 5.75 Å². The number of hydrogen-bond donors (Lipinski definition) is 1. The standard InChI is InChI=1S/C14H21NO3/c1-14(2,3)11-8-10(6-7-12(11)18-5)9-15(4)13(16)17/h6-8H,9H2,1-5H3,(H,16,17). The number of hydrogen-bond acceptors (Lipinski definition) is 2. The molecule has 1 N–H and O–H groups in total. The third-order valence-corrected chi connectivity index (χ3v) is 2.82. The van der Waals surface area contributed by atoms with Gasteiger partial charge in [-0.05, 0) is 28.7 Å². The molecule has 18 heavy (non-hydrogen) atoms. The Kier molecular flexibility index (Phi) is 4.22. The van der Waals surface area contributed by atoms with E-state index in [9.17, 15) is 4.79 Å². The van der Waals surface area contributed by atoms with Crippen molar-refractivity contribution in [1.29, 1.82) is 0 Å². The maximum Gasteiger partial charge on any atom is 0.407 e. The van der Waals surface area contributed by atoms with Gasteiger partial charge in [0.2, 0.25) is 0 Å². The van der Waals surface area contributed by atoms with E-state index in [2.05, 4.69) is 20.8 Å². The Morgan fingerprint density at radius 2 is 2.00 bits per heavy atom. The van der Waals surface area contributed by atoms with Gasteiger partial charge in [0.15, 0.2) is 0 Å². The Balaban J connectivity index is 3.07. The van der Waals surface area contributed by atoms with Crippen molar-refractivity contribution < 1.29 is 14.6 Å². The van der Waals surface area contributed by atoms with E-state index in [0.29, 0.717) is 6.54 Å². The summed E-state index contributed by atoms with van der Waals surface area (Å²) in [6.45, 7) is 6.70. The number of methoxy groups -OCH3 is 1. The van der Waals surface area contributed by atoms with Crippen molar-refractivity contribution in [2.75, 3.05) is 14.2 Å². The maximum absolute atomic E-state index is 10.8. The van der Waals surface area contributed by atoms with Crippen LogP contribution in [0.1, 0.15) is 31.9 Å². The van der Waals surface area contributed by atoms with Gasteiger partial charge in [-0.15, -0.1) is 0 Å². The third kappa shape index (κ3) is 3.39. The van der Waals surface area contributed by atoms with Gasteiger partial charge >= 0.3 is 6.09 Å². The largest absolute Gasteiger partial charge is 0.496 e. The summed E-state index contributed by atoms with van der Waals surface area (Å²) >= 11 is 0. The van der Waals surface area contributed by atoms with Gasteiger partial charge in [-0.3, -0.25) is 0 Å². The average molecular weight is 251 g/mol. The van der Waals surface area contributed by atoms with Crippen molar-refractivity contribution in [2.45, 2.75) is 32.7 Å². The van der Waals surface area contributed by atoms with Gasteiger partial charge in [0, 0.05) is 13.6 Å². The second-order valence-corrected chi connectivity index (χ2v) is 5.42. The van der Waals surface area contributed by atoms with E-state index >= 15 is 0 Å². The highest BCUT2D eigenvalue weighted by Crippen LogP contribution is 2.32. The molecular weight excluding hydrogens is 230 g/mol. The Labute approximate surface area is 108 Å². The Bertz CT molecular complexity index is 435. The van der Waals surface area contributed by atoms with Crippen molar-refractivity contribution >= 4 is 6.09 Å². The molecule has 0 aliphatic rings. The molecule has 0 radical (unpaired) electrons. The normalized spacial score (nSPS) is 11.2. The molecule has 1 rings (SSSR count). The first kappa shape index (κ1) is 14.4. The molecule has 0 fully saturated rings. The number of rotatable bonds is 3. The van der Waals surface area contributed by atoms with Crippen LogP contribution in [0.3, 0.4) is 0 Å². The van der Waals surface area contributed by atoms with Crippen LogP contribution in [-0.2, 0) is 12.0 Å². The number of carboxylic acid groups (broad SMARTS) is 1. The zero-order chi connectivity index (χ0) is 13.9. The molecule has 0 bridgehead atoms. The first-order valence-corrected chi connectivity index (χ1v) is 5.87. The predicted molar refractivity (Wildman–Crippen MR) is 71.2 cm³/mol. The molecule has 1 aromatic rings. The van der Waals surface area contributed by atoms with Crippen molar-refractivity contribution in [3.63, 3.8) is 0 Å². The highest BCUT2D eigenvalue weighted by molar-refractivity contribution is 5.64. The van der Waals surface area contributed by atoms with Crippen LogP contribution in [0, 0.1) is 0 Å². The van der Waals surface area contributed by atoms with Crippen molar-refractivity contribution in [2.24, 2.45) is 0 Å². The second kappa shape index (κ2) is 5.29. The van der Waals surface area contributed by atoms with Gasteiger partial charge in [0.25, 0.3) is 0 Å². The van der Waals surface area contributed by atoms with E-state index in [1.54, 1.807) is 14.2 Å². The van der Waals surface area contributed by atoms with Crippen LogP contribution in [-0.4, -0.2) is 30.3 Å². The highest BCUT2D eigenvalue weighted by atomic mass is 16.5. The molecule has 100 valence electrons. The number of benzene rings is 1. The summed E-state index contributed by atoms with van der Waals surface area (Å²) in [5.74, 6) is 0.837. The highest BCUT2D eigenvalue weighted by Gasteiger charge is 2.19. The second-order valence-electron chi connectivity index (χ2n) is 5.42. The number of nitrogens with zero attached hydrogens (tertiary/aromatic N) is 1. The van der Waals surface area contributed by atoms with E-state index in [4.69, 9.17) is 9.84 Å². The zero-order valence-corrected chi connectivity index (χ0v) is 11.7. The summed E-state index contributed by atoms with van der Waals surface area (Å²) in [6, 6.07) is 5.80. The smallest absolute Gasteiger partial charge is 0.407 e. The van der Waals surface area contributed by atoms with Gasteiger partial charge in [-0.1, -0.05) is 26.8 Å². The Morgan fingerprint density at radius 1 is 1.39 bits per heavy atom. The minimum absolute atomic E-state index is 0.0385. The monoisotopic (exact) mass is 251 g/mol. The molecule has 0 aliphatic carbocycles. The molecule has 4 heteroatoms. The first-order chi connectivity index (χ1) is 8.25. The van der Waals surface area contributed by atoms with Crippen molar-refractivity contribution in [3.05, 3.63) is 29.3 Å². The van der Waals surface area contributed by atoms with Gasteiger partial charge < -0.3 is 14.7 Å². The van der Waals surface area contributed by atoms with Gasteiger partial charge in [-0.25, -0.2) is 4.79 Å². The van der Waals surface area contributed by atoms with Crippen molar-refractivity contribution in [1.82, 2.24) is 4.90 Å². The van der Waals surface area contributed by atoms with E-state index in [-0.39, 0.29) is 5.41 Å². The molecule has 0 atom stereocenters. The van der Waals surface area contributed by atoms with E-state index in [1.807, 2.05) is 18.2 Å². The summed E-state index contributed by atoms with van der Waals surface area (Å²) in [4.78, 5) is 12.1. The van der Waals surface area contributed by atoms with Crippen LogP contribution in [0.5, 0.6) is 5.75 Å². The lowest BCUT2D eigenvalue weighted by molar-refractivity contribution is 0.153. The fourth-order valence-electron chi connectivity index (χ4n) is 1.78. The molecule has 4 nitrogen and oxygen atoms in total. The molecule has 1 aromatic carbocycles. The molecule has 1 amide bonds. The molecule has 0 aromatic heterocycles. The predicted octanol–water partition coefficient (Wildman–Crippen LogP) is 3.10. The first-order valence-electron chi connectivity index (χ1n) is 5.87. The molecule has 0 spiro atoms. The number of amides is 1. The van der Waals surface area contributed by atoms with E-state index < -0.39 is 6.09 Å². The maximum atomic E-state index is 10.8. The topological polar surface area (TPSA) is 49.8 Å². The molecule has 0 saturated heterocycles. The summed E-state index contributed by atoms with van der Waals surface area (Å²) in [6.07, 6.45) is -0.928. The van der Waals surface area contributed by atoms with Crippen LogP contribution in [0.25, 0.3) is 0 Å². The van der Waals surface area contributed by atoms with Crippen LogP contribution < -0.4 is 4.74 Å². The fourth-order valence-corrected chi connectivity index (χ4v) is 1.78. The van der Waals surface area contributed by atoms with E-state index in [0.717, 1.165) is 16.9 Å². The third-order valence-electron chi connectivity index (χ3n) is 2.82. The average Bonchev–Trinajstić information content (AvgIpc) is 2.27. The Hall–Kier alpha value is -1.71. The Morgan fingerprint density at radius 3 is 2.44 bits per heavy atom. The summed E-state index contributed by atoms with van der Waals surface area (Å²) in [5, 5.41) is 8.87. The lowest BCUT2D eigenvalue weighted by atomic mass is 9.85. The summed E-state index contributed by atoms with van der Waals surface area (Å²) < 4.78 is 5.35. The summed E-state index contributed by atoms with van der Waals surface area (Å²) in [7, 11) is 3.21. The van der Waals surface area contributed by atoms with Crippen LogP contribution in [0.15, 0.2) is 18.2 Å². The molecular formula is C14H21NO3. The van der Waals surface area contributed by atoms with Gasteiger partial charge in [-0.2, -0.15) is 0 Å². The lowest BCUT2D eigenvalue weighted by Gasteiger charge is -2.23. The molecule has 0 saturated carbocycles. The van der Waals surface area contributed by atoms with Crippen LogP contribution in [0.2, 0.25) is 0 Å². The lowest BCUT2D eigenvalue weighted by Crippen LogP contribution is -2.24. The summed E-state index contributed by atoms with van der Waals surface area (Å²) in [5.41, 5.74) is 2.01. The zero-order valence-electron chi connectivity index (χ0n) is 11.7. The number of ether oxygens (including phenoxy) is 1. The van der Waals surface area contributed by atoms with Gasteiger partial charge in [0.1, 0.15) is 5.75 Å².